The van der Waals surface area contributed by atoms with Crippen molar-refractivity contribution >= 4 is 6.16 Å². The third-order valence-electron chi connectivity index (χ3n) is 3.28. The zero-order valence-electron chi connectivity index (χ0n) is 9.53. The minimum atomic E-state index is -1.17. The molecule has 1 rings (SSSR count). The van der Waals surface area contributed by atoms with Gasteiger partial charge in [-0.2, -0.15) is 0 Å². The van der Waals surface area contributed by atoms with E-state index in [1.165, 1.54) is 18.4 Å². The number of hydrogen-bond acceptors (Lipinski definition) is 2. The van der Waals surface area contributed by atoms with Gasteiger partial charge in [-0.3, -0.25) is 0 Å². The Balaban J connectivity index is 2.22. The molecule has 0 aromatic heterocycles. The third kappa shape index (κ3) is 4.36. The first-order valence-corrected chi connectivity index (χ1v) is 5.61. The molecule has 1 aliphatic carbocycles. The number of carboxylic acid groups (broad SMARTS) is 1. The van der Waals surface area contributed by atoms with Crippen LogP contribution in [0.3, 0.4) is 0 Å². The summed E-state index contributed by atoms with van der Waals surface area (Å²) in [6.07, 6.45) is 5.54. The molecule has 0 heterocycles. The smallest absolute Gasteiger partial charge is 0.450 e. The Hall–Kier alpha value is -0.990. The molecule has 0 aromatic carbocycles. The van der Waals surface area contributed by atoms with Gasteiger partial charge in [-0.15, -0.1) is 0 Å². The van der Waals surface area contributed by atoms with Crippen molar-refractivity contribution in [1.29, 1.82) is 0 Å². The van der Waals surface area contributed by atoms with Gasteiger partial charge in [-0.05, 0) is 44.4 Å². The highest BCUT2D eigenvalue weighted by Crippen LogP contribution is 2.30. The van der Waals surface area contributed by atoms with E-state index in [0.717, 1.165) is 12.8 Å². The zero-order chi connectivity index (χ0) is 11.3. The van der Waals surface area contributed by atoms with Gasteiger partial charge in [0.1, 0.15) is 0 Å². The molecule has 0 amide bonds. The molecule has 0 aromatic rings. The molecule has 15 heavy (non-hydrogen) atoms. The van der Waals surface area contributed by atoms with Gasteiger partial charge in [-0.1, -0.05) is 18.6 Å². The van der Waals surface area contributed by atoms with E-state index in [9.17, 15) is 4.79 Å². The second-order valence-electron chi connectivity index (χ2n) is 4.47. The summed E-state index contributed by atoms with van der Waals surface area (Å²) in [5.41, 5.74) is 1.49. The van der Waals surface area contributed by atoms with Crippen LogP contribution in [0.15, 0.2) is 11.6 Å². The van der Waals surface area contributed by atoms with E-state index in [2.05, 4.69) is 24.7 Å². The Bertz CT molecular complexity index is 245. The first-order chi connectivity index (χ1) is 7.09. The number of ether oxygens (including phenoxy) is 1. The Morgan fingerprint density at radius 1 is 1.73 bits per heavy atom. The van der Waals surface area contributed by atoms with Crippen LogP contribution < -0.4 is 0 Å². The summed E-state index contributed by atoms with van der Waals surface area (Å²) in [5, 5.41) is 8.34. The fourth-order valence-corrected chi connectivity index (χ4v) is 2.07. The van der Waals surface area contributed by atoms with E-state index in [1.807, 2.05) is 0 Å². The summed E-state index contributed by atoms with van der Waals surface area (Å²) in [4.78, 5) is 10.2. The third-order valence-corrected chi connectivity index (χ3v) is 3.28. The summed E-state index contributed by atoms with van der Waals surface area (Å²) in [6, 6.07) is 0. The van der Waals surface area contributed by atoms with E-state index in [1.54, 1.807) is 0 Å². The normalized spacial score (nSPS) is 23.1. The molecule has 0 radical (unpaired) electrons. The fraction of sp³-hybridized carbons (Fsp3) is 0.750. The summed E-state index contributed by atoms with van der Waals surface area (Å²) >= 11 is 0. The largest absolute Gasteiger partial charge is 0.505 e. The van der Waals surface area contributed by atoms with Crippen LogP contribution in [-0.4, -0.2) is 17.9 Å². The second kappa shape index (κ2) is 5.79. The van der Waals surface area contributed by atoms with Crippen molar-refractivity contribution in [3.05, 3.63) is 11.6 Å². The Labute approximate surface area is 91.1 Å². The van der Waals surface area contributed by atoms with Crippen LogP contribution >= 0.6 is 0 Å². The van der Waals surface area contributed by atoms with Gasteiger partial charge in [0.05, 0.1) is 6.61 Å². The zero-order valence-corrected chi connectivity index (χ0v) is 9.53. The molecule has 0 aliphatic heterocycles. The molecular weight excluding hydrogens is 192 g/mol. The van der Waals surface area contributed by atoms with Crippen LogP contribution in [0.1, 0.15) is 39.5 Å². The van der Waals surface area contributed by atoms with Crippen molar-refractivity contribution in [3.8, 4) is 0 Å². The Morgan fingerprint density at radius 2 is 2.47 bits per heavy atom. The maximum atomic E-state index is 10.2. The lowest BCUT2D eigenvalue weighted by molar-refractivity contribution is 0.0833. The fourth-order valence-electron chi connectivity index (χ4n) is 2.07. The Morgan fingerprint density at radius 3 is 3.00 bits per heavy atom. The van der Waals surface area contributed by atoms with Crippen molar-refractivity contribution < 1.29 is 14.6 Å². The molecule has 0 spiro atoms. The van der Waals surface area contributed by atoms with Gasteiger partial charge in [0.15, 0.2) is 0 Å². The first kappa shape index (κ1) is 12.1. The second-order valence-corrected chi connectivity index (χ2v) is 4.47. The highest BCUT2D eigenvalue weighted by atomic mass is 16.7. The number of carbonyl (C=O) groups is 1. The van der Waals surface area contributed by atoms with E-state index in [-0.39, 0.29) is 0 Å². The summed E-state index contributed by atoms with van der Waals surface area (Å²) in [6.45, 7) is 4.69. The monoisotopic (exact) mass is 212 g/mol. The van der Waals surface area contributed by atoms with Crippen molar-refractivity contribution in [3.63, 3.8) is 0 Å². The van der Waals surface area contributed by atoms with E-state index in [0.29, 0.717) is 18.4 Å². The van der Waals surface area contributed by atoms with Crippen molar-refractivity contribution in [2.24, 2.45) is 11.8 Å². The maximum Gasteiger partial charge on any atom is 0.505 e. The molecule has 1 aliphatic rings. The van der Waals surface area contributed by atoms with Crippen LogP contribution in [0.25, 0.3) is 0 Å². The molecular formula is C12H20O3. The molecule has 3 nitrogen and oxygen atoms in total. The standard InChI is InChI=1S/C12H20O3/c1-9-3-5-11(6-4-9)10(2)7-8-15-12(13)14/h3,10-11H,4-8H2,1-2H3,(H,13,14). The topological polar surface area (TPSA) is 46.5 Å². The van der Waals surface area contributed by atoms with Crippen molar-refractivity contribution in [2.75, 3.05) is 6.61 Å². The van der Waals surface area contributed by atoms with Crippen LogP contribution in [-0.2, 0) is 4.74 Å². The summed E-state index contributed by atoms with van der Waals surface area (Å²) in [7, 11) is 0. The minimum Gasteiger partial charge on any atom is -0.450 e. The van der Waals surface area contributed by atoms with Gasteiger partial charge in [0.25, 0.3) is 0 Å². The van der Waals surface area contributed by atoms with Crippen molar-refractivity contribution in [1.82, 2.24) is 0 Å². The highest BCUT2D eigenvalue weighted by molar-refractivity contribution is 5.56. The lowest BCUT2D eigenvalue weighted by Gasteiger charge is -2.26. The van der Waals surface area contributed by atoms with E-state index >= 15 is 0 Å². The SMILES string of the molecule is CC1=CCC(C(C)CCOC(=O)O)CC1. The molecule has 0 bridgehead atoms. The predicted octanol–water partition coefficient (Wildman–Crippen LogP) is 3.45. The minimum absolute atomic E-state index is 0.329. The van der Waals surface area contributed by atoms with Gasteiger partial charge >= 0.3 is 6.16 Å². The molecule has 0 fully saturated rings. The first-order valence-electron chi connectivity index (χ1n) is 5.61. The maximum absolute atomic E-state index is 10.2. The van der Waals surface area contributed by atoms with Gasteiger partial charge in [-0.25, -0.2) is 4.79 Å². The van der Waals surface area contributed by atoms with E-state index < -0.39 is 6.16 Å². The van der Waals surface area contributed by atoms with Crippen LogP contribution in [0.2, 0.25) is 0 Å². The predicted molar refractivity (Wildman–Crippen MR) is 58.9 cm³/mol. The molecule has 0 saturated carbocycles. The van der Waals surface area contributed by atoms with E-state index in [4.69, 9.17) is 5.11 Å². The molecule has 1 N–H and O–H groups in total. The molecule has 2 atom stereocenters. The van der Waals surface area contributed by atoms with Gasteiger partial charge in [0.2, 0.25) is 0 Å². The quantitative estimate of drug-likeness (QED) is 0.573. The van der Waals surface area contributed by atoms with Crippen LogP contribution in [0, 0.1) is 11.8 Å². The van der Waals surface area contributed by atoms with Gasteiger partial charge in [0, 0.05) is 0 Å². The molecule has 3 heteroatoms. The lowest BCUT2D eigenvalue weighted by Crippen LogP contribution is -2.16. The van der Waals surface area contributed by atoms with Crippen molar-refractivity contribution in [2.45, 2.75) is 39.5 Å². The van der Waals surface area contributed by atoms with Crippen LogP contribution in [0.4, 0.5) is 4.79 Å². The number of allylic oxidation sites excluding steroid dienone is 2. The highest BCUT2D eigenvalue weighted by Gasteiger charge is 2.19. The molecule has 0 saturated heterocycles. The molecule has 86 valence electrons. The Kier molecular flexibility index (Phi) is 4.66. The number of hydrogen-bond donors (Lipinski definition) is 1. The average Bonchev–Trinajstić information content (AvgIpc) is 2.18. The van der Waals surface area contributed by atoms with Gasteiger partial charge < -0.3 is 9.84 Å². The summed E-state index contributed by atoms with van der Waals surface area (Å²) < 4.78 is 4.53. The molecule has 2 unspecified atom stereocenters. The van der Waals surface area contributed by atoms with Crippen LogP contribution in [0.5, 0.6) is 0 Å². The lowest BCUT2D eigenvalue weighted by atomic mass is 9.80. The summed E-state index contributed by atoms with van der Waals surface area (Å²) in [5.74, 6) is 1.25. The number of rotatable bonds is 4. The average molecular weight is 212 g/mol.